The zero-order chi connectivity index (χ0) is 24.7. The van der Waals surface area contributed by atoms with Crippen LogP contribution in [-0.4, -0.2) is 28.9 Å². The number of aromatic nitrogens is 1. The van der Waals surface area contributed by atoms with Crippen molar-refractivity contribution in [1.29, 1.82) is 0 Å². The number of hydrogen-bond donors (Lipinski definition) is 0. The van der Waals surface area contributed by atoms with Crippen molar-refractivity contribution in [1.82, 2.24) is 4.57 Å². The summed E-state index contributed by atoms with van der Waals surface area (Å²) >= 11 is 1.14. The van der Waals surface area contributed by atoms with E-state index in [1.54, 1.807) is 50.3 Å². The Morgan fingerprint density at radius 1 is 1.29 bits per heavy atom. The van der Waals surface area contributed by atoms with Crippen LogP contribution in [-0.2, 0) is 9.53 Å². The number of ether oxygens (including phenoxy) is 3. The third-order valence-corrected chi connectivity index (χ3v) is 6.59. The largest absolute Gasteiger partial charge is 0.463 e. The normalized spacial score (nSPS) is 16.6. The zero-order valence-electron chi connectivity index (χ0n) is 18.7. The third-order valence-electron chi connectivity index (χ3n) is 5.61. The van der Waals surface area contributed by atoms with Crippen LogP contribution in [0, 0.1) is 10.1 Å². The summed E-state index contributed by atoms with van der Waals surface area (Å²) in [4.78, 5) is 42.2. The molecule has 0 saturated carbocycles. The summed E-state index contributed by atoms with van der Waals surface area (Å²) in [6, 6.07) is 10.4. The van der Waals surface area contributed by atoms with Crippen LogP contribution in [0.5, 0.6) is 11.5 Å². The summed E-state index contributed by atoms with van der Waals surface area (Å²) in [5.41, 5.74) is 1.37. The predicted molar refractivity (Wildman–Crippen MR) is 126 cm³/mol. The molecule has 1 atom stereocenters. The van der Waals surface area contributed by atoms with E-state index < -0.39 is 16.9 Å². The van der Waals surface area contributed by atoms with Gasteiger partial charge in [-0.2, -0.15) is 0 Å². The number of allylic oxidation sites excluding steroid dienone is 1. The highest BCUT2D eigenvalue weighted by Gasteiger charge is 2.34. The first-order valence-electron chi connectivity index (χ1n) is 10.7. The Balaban J connectivity index is 1.71. The number of rotatable bonds is 5. The molecule has 11 heteroatoms. The van der Waals surface area contributed by atoms with Gasteiger partial charge in [-0.1, -0.05) is 29.5 Å². The van der Waals surface area contributed by atoms with E-state index in [1.807, 2.05) is 0 Å². The topological polar surface area (TPSA) is 122 Å². The summed E-state index contributed by atoms with van der Waals surface area (Å²) in [5.74, 6) is 0.522. The standard InChI is InChI=1S/C24H19N3O7S/c1-3-32-23(29)20-13(2)25-24-26(21(20)15-7-8-17-18(11-15)34-12-33-17)22(28)19(35-24)10-14-5-4-6-16(9-14)27(30)31/h4-11,21H,3,12H2,1-2H3/t21-/m0/s1. The highest BCUT2D eigenvalue weighted by Crippen LogP contribution is 2.38. The molecule has 0 unspecified atom stereocenters. The van der Waals surface area contributed by atoms with Crippen LogP contribution in [0.4, 0.5) is 5.69 Å². The maximum atomic E-state index is 13.6. The van der Waals surface area contributed by atoms with Crippen molar-refractivity contribution in [2.45, 2.75) is 19.9 Å². The number of carbonyl (C=O) groups is 1. The van der Waals surface area contributed by atoms with Crippen molar-refractivity contribution in [2.24, 2.45) is 4.99 Å². The van der Waals surface area contributed by atoms with E-state index >= 15 is 0 Å². The molecule has 1 aromatic heterocycles. The summed E-state index contributed by atoms with van der Waals surface area (Å²) in [7, 11) is 0. The number of thiazole rings is 1. The first kappa shape index (κ1) is 22.5. The van der Waals surface area contributed by atoms with Crippen LogP contribution in [0.1, 0.15) is 31.0 Å². The van der Waals surface area contributed by atoms with Gasteiger partial charge in [-0.3, -0.25) is 19.5 Å². The molecule has 0 bridgehead atoms. The molecule has 2 aromatic carbocycles. The van der Waals surface area contributed by atoms with Crippen LogP contribution in [0.15, 0.2) is 63.5 Å². The molecule has 0 radical (unpaired) electrons. The van der Waals surface area contributed by atoms with Crippen molar-refractivity contribution < 1.29 is 23.9 Å². The molecule has 3 heterocycles. The predicted octanol–water partition coefficient (Wildman–Crippen LogP) is 2.44. The van der Waals surface area contributed by atoms with Gasteiger partial charge in [-0.25, -0.2) is 9.79 Å². The maximum Gasteiger partial charge on any atom is 0.338 e. The van der Waals surface area contributed by atoms with Gasteiger partial charge < -0.3 is 14.2 Å². The molecule has 2 aliphatic heterocycles. The lowest BCUT2D eigenvalue weighted by Gasteiger charge is -2.24. The minimum atomic E-state index is -0.799. The smallest absolute Gasteiger partial charge is 0.338 e. The molecule has 10 nitrogen and oxygen atoms in total. The first-order valence-corrected chi connectivity index (χ1v) is 11.5. The van der Waals surface area contributed by atoms with Gasteiger partial charge in [-0.05, 0) is 43.2 Å². The van der Waals surface area contributed by atoms with E-state index in [2.05, 4.69) is 4.99 Å². The molecule has 0 saturated heterocycles. The van der Waals surface area contributed by atoms with Gasteiger partial charge in [0.1, 0.15) is 0 Å². The minimum absolute atomic E-state index is 0.0785. The second kappa shape index (κ2) is 8.84. The van der Waals surface area contributed by atoms with Gasteiger partial charge in [0.05, 0.1) is 33.4 Å². The maximum absolute atomic E-state index is 13.6. The van der Waals surface area contributed by atoms with Gasteiger partial charge >= 0.3 is 5.97 Å². The van der Waals surface area contributed by atoms with Crippen LogP contribution >= 0.6 is 11.3 Å². The van der Waals surface area contributed by atoms with Gasteiger partial charge in [0.2, 0.25) is 6.79 Å². The number of esters is 1. The summed E-state index contributed by atoms with van der Waals surface area (Å²) in [6.45, 7) is 3.66. The molecule has 3 aromatic rings. The second-order valence-electron chi connectivity index (χ2n) is 7.77. The molecule has 0 aliphatic carbocycles. The number of carbonyl (C=O) groups excluding carboxylic acids is 1. The Morgan fingerprint density at radius 3 is 2.86 bits per heavy atom. The number of non-ortho nitro benzene ring substituents is 1. The lowest BCUT2D eigenvalue weighted by molar-refractivity contribution is -0.384. The number of nitro groups is 1. The van der Waals surface area contributed by atoms with Gasteiger partial charge in [0.15, 0.2) is 16.3 Å². The lowest BCUT2D eigenvalue weighted by atomic mass is 9.95. The van der Waals surface area contributed by atoms with Crippen molar-refractivity contribution in [2.75, 3.05) is 13.4 Å². The van der Waals surface area contributed by atoms with Crippen LogP contribution < -0.4 is 24.4 Å². The molecular formula is C24H19N3O7S. The molecule has 2 aliphatic rings. The van der Waals surface area contributed by atoms with Crippen molar-refractivity contribution in [3.63, 3.8) is 0 Å². The van der Waals surface area contributed by atoms with Gasteiger partial charge in [0, 0.05) is 12.1 Å². The summed E-state index contributed by atoms with van der Waals surface area (Å²) in [6.07, 6.45) is 1.58. The Bertz CT molecular complexity index is 1590. The van der Waals surface area contributed by atoms with E-state index in [-0.39, 0.29) is 30.2 Å². The number of fused-ring (bicyclic) bond motifs is 2. The van der Waals surface area contributed by atoms with E-state index in [1.165, 1.54) is 16.7 Å². The molecule has 0 fully saturated rings. The highest BCUT2D eigenvalue weighted by molar-refractivity contribution is 7.07. The number of hydrogen-bond acceptors (Lipinski definition) is 9. The molecule has 0 spiro atoms. The number of benzene rings is 2. The van der Waals surface area contributed by atoms with E-state index in [0.29, 0.717) is 37.7 Å². The Hall–Kier alpha value is -4.25. The summed E-state index contributed by atoms with van der Waals surface area (Å²) < 4.78 is 18.0. The van der Waals surface area contributed by atoms with Crippen LogP contribution in [0.3, 0.4) is 0 Å². The fraction of sp³-hybridized carbons (Fsp3) is 0.208. The molecule has 5 rings (SSSR count). The number of nitrogens with zero attached hydrogens (tertiary/aromatic N) is 3. The molecule has 0 N–H and O–H groups in total. The average Bonchev–Trinajstić information content (AvgIpc) is 3.42. The van der Waals surface area contributed by atoms with Gasteiger partial charge in [-0.15, -0.1) is 0 Å². The van der Waals surface area contributed by atoms with Crippen LogP contribution in [0.25, 0.3) is 6.08 Å². The quantitative estimate of drug-likeness (QED) is 0.304. The monoisotopic (exact) mass is 493 g/mol. The number of nitro benzene ring substituents is 1. The zero-order valence-corrected chi connectivity index (χ0v) is 19.5. The lowest BCUT2D eigenvalue weighted by Crippen LogP contribution is -2.39. The SMILES string of the molecule is CCOC(=O)C1=C(C)N=c2sc(=Cc3cccc([N+](=O)[O-])c3)c(=O)n2[C@H]1c1ccc2c(c1)OCO2. The second-order valence-corrected chi connectivity index (χ2v) is 8.78. The first-order chi connectivity index (χ1) is 16.9. The molecule has 35 heavy (non-hydrogen) atoms. The average molecular weight is 493 g/mol. The van der Waals surface area contributed by atoms with Crippen LogP contribution in [0.2, 0.25) is 0 Å². The van der Waals surface area contributed by atoms with E-state index in [0.717, 1.165) is 11.3 Å². The summed E-state index contributed by atoms with van der Waals surface area (Å²) in [5, 5.41) is 11.1. The van der Waals surface area contributed by atoms with Gasteiger partial charge in [0.25, 0.3) is 11.2 Å². The molecule has 0 amide bonds. The Morgan fingerprint density at radius 2 is 2.09 bits per heavy atom. The van der Waals surface area contributed by atoms with Crippen molar-refractivity contribution >= 4 is 29.1 Å². The van der Waals surface area contributed by atoms with Crippen molar-refractivity contribution in [3.05, 3.63) is 94.7 Å². The fourth-order valence-corrected chi connectivity index (χ4v) is 5.12. The fourth-order valence-electron chi connectivity index (χ4n) is 4.07. The Labute approximate surface area is 202 Å². The highest BCUT2D eigenvalue weighted by atomic mass is 32.1. The molecular weight excluding hydrogens is 474 g/mol. The van der Waals surface area contributed by atoms with E-state index in [4.69, 9.17) is 14.2 Å². The molecule has 178 valence electrons. The van der Waals surface area contributed by atoms with Crippen molar-refractivity contribution in [3.8, 4) is 11.5 Å². The third kappa shape index (κ3) is 3.99. The minimum Gasteiger partial charge on any atom is -0.463 e. The Kier molecular flexibility index (Phi) is 5.69. The van der Waals surface area contributed by atoms with E-state index in [9.17, 15) is 19.7 Å².